The molecule has 0 N–H and O–H groups in total. The van der Waals surface area contributed by atoms with Gasteiger partial charge in [-0.3, -0.25) is 0 Å². The molecule has 0 aromatic carbocycles. The number of aromatic nitrogens is 2. The Labute approximate surface area is 95.0 Å². The van der Waals surface area contributed by atoms with E-state index in [0.29, 0.717) is 13.2 Å². The summed E-state index contributed by atoms with van der Waals surface area (Å²) >= 11 is 0. The molecule has 1 aromatic heterocycles. The number of nitriles is 1. The topological polar surface area (TPSA) is 68.0 Å². The molecule has 5 heteroatoms. The third-order valence-electron chi connectivity index (χ3n) is 1.88. The van der Waals surface area contributed by atoms with Gasteiger partial charge < -0.3 is 9.47 Å². The molecule has 0 atom stereocenters. The van der Waals surface area contributed by atoms with Crippen molar-refractivity contribution in [2.45, 2.75) is 19.8 Å². The van der Waals surface area contributed by atoms with E-state index in [1.165, 1.54) is 12.4 Å². The summed E-state index contributed by atoms with van der Waals surface area (Å²) in [6.45, 7) is 3.74. The molecule has 0 aliphatic rings. The van der Waals surface area contributed by atoms with Gasteiger partial charge in [-0.05, 0) is 6.42 Å². The summed E-state index contributed by atoms with van der Waals surface area (Å²) in [5.41, 5.74) is 0.205. The average molecular weight is 221 g/mol. The van der Waals surface area contributed by atoms with Gasteiger partial charge in [-0.25, -0.2) is 9.97 Å². The number of unbranched alkanes of at least 4 members (excludes halogenated alkanes) is 1. The Hall–Kier alpha value is -1.67. The highest BCUT2D eigenvalue weighted by Crippen LogP contribution is 2.08. The largest absolute Gasteiger partial charge is 0.473 e. The minimum Gasteiger partial charge on any atom is -0.473 e. The highest BCUT2D eigenvalue weighted by molar-refractivity contribution is 5.29. The monoisotopic (exact) mass is 221 g/mol. The number of ether oxygens (including phenoxy) is 2. The summed E-state index contributed by atoms with van der Waals surface area (Å²) in [7, 11) is 0. The van der Waals surface area contributed by atoms with Gasteiger partial charge in [0.15, 0.2) is 0 Å². The maximum Gasteiger partial charge on any atom is 0.251 e. The van der Waals surface area contributed by atoms with Gasteiger partial charge in [-0.1, -0.05) is 13.3 Å². The zero-order chi connectivity index (χ0) is 11.6. The van der Waals surface area contributed by atoms with Gasteiger partial charge in [0.25, 0.3) is 5.88 Å². The van der Waals surface area contributed by atoms with Crippen molar-refractivity contribution >= 4 is 0 Å². The Bertz CT molecular complexity index is 349. The van der Waals surface area contributed by atoms with Crippen molar-refractivity contribution in [3.05, 3.63) is 18.1 Å². The summed E-state index contributed by atoms with van der Waals surface area (Å²) in [5, 5.41) is 8.73. The van der Waals surface area contributed by atoms with E-state index in [2.05, 4.69) is 16.9 Å². The number of nitrogens with zero attached hydrogens (tertiary/aromatic N) is 3. The lowest BCUT2D eigenvalue weighted by Gasteiger charge is -2.06. The molecule has 86 valence electrons. The van der Waals surface area contributed by atoms with Gasteiger partial charge in [0.1, 0.15) is 12.7 Å². The standard InChI is InChI=1S/C11H15N3O2/c1-2-3-6-15-7-8-16-11-10(9-12)13-4-5-14-11/h4-5H,2-3,6-8H2,1H3. The van der Waals surface area contributed by atoms with Crippen molar-refractivity contribution in [3.8, 4) is 11.9 Å². The van der Waals surface area contributed by atoms with Gasteiger partial charge >= 0.3 is 0 Å². The van der Waals surface area contributed by atoms with Crippen LogP contribution in [0.15, 0.2) is 12.4 Å². The fraction of sp³-hybridized carbons (Fsp3) is 0.545. The number of hydrogen-bond donors (Lipinski definition) is 0. The Kier molecular flexibility index (Phi) is 5.89. The van der Waals surface area contributed by atoms with Crippen LogP contribution in [-0.4, -0.2) is 29.8 Å². The molecule has 0 aliphatic carbocycles. The quantitative estimate of drug-likeness (QED) is 0.653. The summed E-state index contributed by atoms with van der Waals surface area (Å²) in [5.74, 6) is 0.268. The van der Waals surface area contributed by atoms with Crippen LogP contribution in [0.5, 0.6) is 5.88 Å². The zero-order valence-corrected chi connectivity index (χ0v) is 9.35. The Morgan fingerprint density at radius 2 is 2.06 bits per heavy atom. The average Bonchev–Trinajstić information content (AvgIpc) is 2.34. The molecule has 0 saturated carbocycles. The molecule has 1 heterocycles. The lowest BCUT2D eigenvalue weighted by molar-refractivity contribution is 0.0962. The van der Waals surface area contributed by atoms with Crippen molar-refractivity contribution in [1.29, 1.82) is 5.26 Å². The van der Waals surface area contributed by atoms with E-state index < -0.39 is 0 Å². The maximum absolute atomic E-state index is 8.73. The lowest BCUT2D eigenvalue weighted by Crippen LogP contribution is -2.09. The summed E-state index contributed by atoms with van der Waals surface area (Å²) in [6.07, 6.45) is 5.12. The molecule has 0 bridgehead atoms. The molecule has 0 radical (unpaired) electrons. The van der Waals surface area contributed by atoms with Crippen LogP contribution in [0, 0.1) is 11.3 Å². The summed E-state index contributed by atoms with van der Waals surface area (Å²) < 4.78 is 10.6. The SMILES string of the molecule is CCCCOCCOc1nccnc1C#N. The normalized spacial score (nSPS) is 9.75. The zero-order valence-electron chi connectivity index (χ0n) is 9.35. The number of hydrogen-bond acceptors (Lipinski definition) is 5. The minimum absolute atomic E-state index is 0.205. The van der Waals surface area contributed by atoms with E-state index in [1.54, 1.807) is 0 Å². The van der Waals surface area contributed by atoms with Crippen molar-refractivity contribution < 1.29 is 9.47 Å². The summed E-state index contributed by atoms with van der Waals surface area (Å²) in [6, 6.07) is 1.92. The second-order valence-electron chi connectivity index (χ2n) is 3.14. The maximum atomic E-state index is 8.73. The third-order valence-corrected chi connectivity index (χ3v) is 1.88. The van der Waals surface area contributed by atoms with Crippen molar-refractivity contribution in [2.75, 3.05) is 19.8 Å². The minimum atomic E-state index is 0.205. The molecule has 0 unspecified atom stereocenters. The predicted octanol–water partition coefficient (Wildman–Crippen LogP) is 1.54. The molecule has 0 fully saturated rings. The first-order valence-electron chi connectivity index (χ1n) is 5.30. The van der Waals surface area contributed by atoms with E-state index in [-0.39, 0.29) is 11.6 Å². The van der Waals surface area contributed by atoms with E-state index in [9.17, 15) is 0 Å². The van der Waals surface area contributed by atoms with E-state index in [4.69, 9.17) is 14.7 Å². The molecule has 0 amide bonds. The highest BCUT2D eigenvalue weighted by Gasteiger charge is 2.04. The van der Waals surface area contributed by atoms with Crippen LogP contribution in [0.1, 0.15) is 25.5 Å². The molecule has 16 heavy (non-hydrogen) atoms. The fourth-order valence-corrected chi connectivity index (χ4v) is 1.05. The predicted molar refractivity (Wildman–Crippen MR) is 58.0 cm³/mol. The van der Waals surface area contributed by atoms with E-state index in [0.717, 1.165) is 19.4 Å². The van der Waals surface area contributed by atoms with Crippen LogP contribution in [-0.2, 0) is 4.74 Å². The van der Waals surface area contributed by atoms with Crippen molar-refractivity contribution in [2.24, 2.45) is 0 Å². The Morgan fingerprint density at radius 1 is 1.25 bits per heavy atom. The Balaban J connectivity index is 2.24. The van der Waals surface area contributed by atoms with E-state index >= 15 is 0 Å². The number of rotatable bonds is 7. The van der Waals surface area contributed by atoms with Gasteiger partial charge in [0.05, 0.1) is 6.61 Å². The van der Waals surface area contributed by atoms with Crippen molar-refractivity contribution in [1.82, 2.24) is 9.97 Å². The smallest absolute Gasteiger partial charge is 0.251 e. The highest BCUT2D eigenvalue weighted by atomic mass is 16.5. The van der Waals surface area contributed by atoms with Crippen LogP contribution in [0.2, 0.25) is 0 Å². The van der Waals surface area contributed by atoms with E-state index in [1.807, 2.05) is 6.07 Å². The van der Waals surface area contributed by atoms with Crippen LogP contribution < -0.4 is 4.74 Å². The molecule has 0 aliphatic heterocycles. The van der Waals surface area contributed by atoms with Crippen LogP contribution in [0.25, 0.3) is 0 Å². The van der Waals surface area contributed by atoms with Crippen LogP contribution in [0.4, 0.5) is 0 Å². The molecule has 0 saturated heterocycles. The molecule has 0 spiro atoms. The van der Waals surface area contributed by atoms with Crippen molar-refractivity contribution in [3.63, 3.8) is 0 Å². The Morgan fingerprint density at radius 3 is 2.81 bits per heavy atom. The second kappa shape index (κ2) is 7.60. The molecule has 1 aromatic rings. The lowest BCUT2D eigenvalue weighted by atomic mass is 10.4. The van der Waals surface area contributed by atoms with Crippen LogP contribution in [0.3, 0.4) is 0 Å². The molecule has 5 nitrogen and oxygen atoms in total. The fourth-order valence-electron chi connectivity index (χ4n) is 1.05. The van der Waals surface area contributed by atoms with Gasteiger partial charge in [0, 0.05) is 19.0 Å². The molecule has 1 rings (SSSR count). The van der Waals surface area contributed by atoms with Gasteiger partial charge in [-0.2, -0.15) is 5.26 Å². The second-order valence-corrected chi connectivity index (χ2v) is 3.14. The van der Waals surface area contributed by atoms with Gasteiger partial charge in [-0.15, -0.1) is 0 Å². The summed E-state index contributed by atoms with van der Waals surface area (Å²) in [4.78, 5) is 7.76. The van der Waals surface area contributed by atoms with Gasteiger partial charge in [0.2, 0.25) is 5.69 Å². The molecular formula is C11H15N3O2. The first-order chi connectivity index (χ1) is 7.88. The first kappa shape index (κ1) is 12.4. The first-order valence-corrected chi connectivity index (χ1v) is 5.30. The van der Waals surface area contributed by atoms with Crippen LogP contribution >= 0.6 is 0 Å². The third kappa shape index (κ3) is 4.24. The molecular weight excluding hydrogens is 206 g/mol.